The van der Waals surface area contributed by atoms with Gasteiger partial charge in [-0.25, -0.2) is 8.42 Å². The normalized spacial score (nSPS) is 20.9. The molecule has 1 heterocycles. The van der Waals surface area contributed by atoms with Crippen LogP contribution in [0.4, 0.5) is 0 Å². The predicted molar refractivity (Wildman–Crippen MR) is 71.1 cm³/mol. The smallest absolute Gasteiger partial charge is 0.207 e. The third-order valence-electron chi connectivity index (χ3n) is 4.02. The number of fused-ring (bicyclic) bond motifs is 1. The highest BCUT2D eigenvalue weighted by molar-refractivity contribution is 7.89. The summed E-state index contributed by atoms with van der Waals surface area (Å²) in [5.74, 6) is 0. The lowest BCUT2D eigenvalue weighted by atomic mass is 9.92. The minimum Gasteiger partial charge on any atom is -0.207 e. The summed E-state index contributed by atoms with van der Waals surface area (Å²) in [5.41, 5.74) is 2.57. The highest BCUT2D eigenvalue weighted by atomic mass is 32.2. The molecule has 3 rings (SSSR count). The molecular formula is C14H19NO2S. The van der Waals surface area contributed by atoms with E-state index in [1.165, 1.54) is 24.0 Å². The number of benzene rings is 1. The molecule has 18 heavy (non-hydrogen) atoms. The van der Waals surface area contributed by atoms with Crippen molar-refractivity contribution in [2.75, 3.05) is 13.1 Å². The summed E-state index contributed by atoms with van der Waals surface area (Å²) >= 11 is 0. The molecule has 4 heteroatoms. The van der Waals surface area contributed by atoms with Gasteiger partial charge in [0.15, 0.2) is 0 Å². The van der Waals surface area contributed by atoms with Crippen LogP contribution in [0.5, 0.6) is 0 Å². The molecule has 0 N–H and O–H groups in total. The van der Waals surface area contributed by atoms with Gasteiger partial charge in [-0.3, -0.25) is 0 Å². The van der Waals surface area contributed by atoms with Gasteiger partial charge in [-0.15, -0.1) is 0 Å². The number of sulfonamides is 1. The van der Waals surface area contributed by atoms with Crippen molar-refractivity contribution in [1.82, 2.24) is 4.31 Å². The fourth-order valence-corrected chi connectivity index (χ4v) is 4.52. The maximum atomic E-state index is 12.4. The van der Waals surface area contributed by atoms with Crippen LogP contribution in [0.25, 0.3) is 0 Å². The number of aryl methyl sites for hydroxylation is 2. The molecule has 0 unspecified atom stereocenters. The summed E-state index contributed by atoms with van der Waals surface area (Å²) in [6.45, 7) is 1.36. The summed E-state index contributed by atoms with van der Waals surface area (Å²) in [6, 6.07) is 5.71. The maximum Gasteiger partial charge on any atom is 0.243 e. The lowest BCUT2D eigenvalue weighted by Gasteiger charge is -2.19. The molecule has 0 radical (unpaired) electrons. The van der Waals surface area contributed by atoms with Crippen molar-refractivity contribution in [2.24, 2.45) is 0 Å². The molecule has 0 spiro atoms. The molecule has 1 aromatic rings. The Morgan fingerprint density at radius 2 is 1.56 bits per heavy atom. The van der Waals surface area contributed by atoms with Gasteiger partial charge in [0, 0.05) is 13.1 Å². The van der Waals surface area contributed by atoms with Gasteiger partial charge in [-0.1, -0.05) is 6.07 Å². The van der Waals surface area contributed by atoms with Crippen molar-refractivity contribution in [1.29, 1.82) is 0 Å². The Kier molecular flexibility index (Phi) is 3.16. The first-order valence-corrected chi connectivity index (χ1v) is 8.24. The van der Waals surface area contributed by atoms with E-state index in [9.17, 15) is 8.42 Å². The molecule has 0 amide bonds. The lowest BCUT2D eigenvalue weighted by molar-refractivity contribution is 0.477. The Morgan fingerprint density at radius 1 is 0.889 bits per heavy atom. The average molecular weight is 265 g/mol. The van der Waals surface area contributed by atoms with Crippen LogP contribution in [-0.4, -0.2) is 25.8 Å². The van der Waals surface area contributed by atoms with E-state index >= 15 is 0 Å². The average Bonchev–Trinajstić information content (AvgIpc) is 2.92. The van der Waals surface area contributed by atoms with Crippen LogP contribution < -0.4 is 0 Å². The van der Waals surface area contributed by atoms with E-state index < -0.39 is 10.0 Å². The van der Waals surface area contributed by atoms with Crippen LogP contribution in [0.1, 0.15) is 36.8 Å². The Morgan fingerprint density at radius 3 is 2.28 bits per heavy atom. The van der Waals surface area contributed by atoms with E-state index in [-0.39, 0.29) is 0 Å². The summed E-state index contributed by atoms with van der Waals surface area (Å²) in [4.78, 5) is 0.491. The van der Waals surface area contributed by atoms with E-state index in [0.29, 0.717) is 18.0 Å². The van der Waals surface area contributed by atoms with Crippen LogP contribution in [0.3, 0.4) is 0 Å². The van der Waals surface area contributed by atoms with Crippen LogP contribution in [-0.2, 0) is 22.9 Å². The zero-order valence-corrected chi connectivity index (χ0v) is 11.4. The second-order valence-corrected chi connectivity index (χ2v) is 7.19. The standard InChI is InChI=1S/C14H19NO2S/c16-18(17,15-9-3-4-10-15)14-8-7-12-5-1-2-6-13(12)11-14/h7-8,11H,1-6,9-10H2. The Hall–Kier alpha value is -0.870. The first-order chi connectivity index (χ1) is 8.68. The fourth-order valence-electron chi connectivity index (χ4n) is 2.95. The van der Waals surface area contributed by atoms with Crippen molar-refractivity contribution in [2.45, 2.75) is 43.4 Å². The maximum absolute atomic E-state index is 12.4. The molecule has 0 saturated carbocycles. The van der Waals surface area contributed by atoms with Crippen molar-refractivity contribution in [3.8, 4) is 0 Å². The van der Waals surface area contributed by atoms with Gasteiger partial charge in [-0.05, 0) is 61.8 Å². The van der Waals surface area contributed by atoms with Crippen LogP contribution in [0, 0.1) is 0 Å². The van der Waals surface area contributed by atoms with E-state index in [2.05, 4.69) is 0 Å². The summed E-state index contributed by atoms with van der Waals surface area (Å²) < 4.78 is 26.5. The summed E-state index contributed by atoms with van der Waals surface area (Å²) in [7, 11) is -3.24. The summed E-state index contributed by atoms with van der Waals surface area (Å²) in [5, 5.41) is 0. The van der Waals surface area contributed by atoms with Crippen molar-refractivity contribution in [3.05, 3.63) is 29.3 Å². The van der Waals surface area contributed by atoms with Gasteiger partial charge >= 0.3 is 0 Å². The number of hydrogen-bond donors (Lipinski definition) is 0. The Labute approximate surface area is 109 Å². The molecule has 0 bridgehead atoms. The molecule has 1 aliphatic heterocycles. The van der Waals surface area contributed by atoms with Crippen LogP contribution in [0.15, 0.2) is 23.1 Å². The molecule has 1 fully saturated rings. The van der Waals surface area contributed by atoms with E-state index in [1.807, 2.05) is 12.1 Å². The van der Waals surface area contributed by atoms with Crippen molar-refractivity contribution < 1.29 is 8.42 Å². The van der Waals surface area contributed by atoms with Crippen molar-refractivity contribution >= 4 is 10.0 Å². The second kappa shape index (κ2) is 4.67. The van der Waals surface area contributed by atoms with Crippen LogP contribution >= 0.6 is 0 Å². The minimum absolute atomic E-state index is 0.491. The summed E-state index contributed by atoms with van der Waals surface area (Å²) in [6.07, 6.45) is 6.51. The first-order valence-electron chi connectivity index (χ1n) is 6.80. The molecule has 0 aromatic heterocycles. The molecule has 3 nitrogen and oxygen atoms in total. The molecule has 1 saturated heterocycles. The quantitative estimate of drug-likeness (QED) is 0.823. The van der Waals surface area contributed by atoms with E-state index in [4.69, 9.17) is 0 Å². The van der Waals surface area contributed by atoms with Gasteiger partial charge < -0.3 is 0 Å². The zero-order chi connectivity index (χ0) is 12.6. The van der Waals surface area contributed by atoms with Gasteiger partial charge in [0.2, 0.25) is 10.0 Å². The van der Waals surface area contributed by atoms with E-state index in [1.54, 1.807) is 10.4 Å². The molecule has 1 aliphatic carbocycles. The van der Waals surface area contributed by atoms with Gasteiger partial charge in [-0.2, -0.15) is 4.31 Å². The molecule has 1 aromatic carbocycles. The number of nitrogens with zero attached hydrogens (tertiary/aromatic N) is 1. The van der Waals surface area contributed by atoms with Gasteiger partial charge in [0.05, 0.1) is 4.90 Å². The highest BCUT2D eigenvalue weighted by Gasteiger charge is 2.27. The monoisotopic (exact) mass is 265 g/mol. The van der Waals surface area contributed by atoms with Crippen molar-refractivity contribution in [3.63, 3.8) is 0 Å². The SMILES string of the molecule is O=S(=O)(c1ccc2c(c1)CCCC2)N1CCCC1. The molecule has 0 atom stereocenters. The van der Waals surface area contributed by atoms with Crippen LogP contribution in [0.2, 0.25) is 0 Å². The van der Waals surface area contributed by atoms with Gasteiger partial charge in [0.25, 0.3) is 0 Å². The Bertz CT molecular complexity index is 545. The molecular weight excluding hydrogens is 246 g/mol. The third kappa shape index (κ3) is 2.08. The zero-order valence-electron chi connectivity index (χ0n) is 10.6. The fraction of sp³-hybridized carbons (Fsp3) is 0.571. The number of rotatable bonds is 2. The lowest BCUT2D eigenvalue weighted by Crippen LogP contribution is -2.28. The topological polar surface area (TPSA) is 37.4 Å². The van der Waals surface area contributed by atoms with E-state index in [0.717, 1.165) is 25.7 Å². The Balaban J connectivity index is 1.96. The second-order valence-electron chi connectivity index (χ2n) is 5.25. The van der Waals surface area contributed by atoms with Gasteiger partial charge in [0.1, 0.15) is 0 Å². The number of hydrogen-bond acceptors (Lipinski definition) is 2. The molecule has 2 aliphatic rings. The third-order valence-corrected chi connectivity index (χ3v) is 5.92. The molecule has 98 valence electrons. The first kappa shape index (κ1) is 12.2. The predicted octanol–water partition coefficient (Wildman–Crippen LogP) is 2.35. The minimum atomic E-state index is -3.24. The largest absolute Gasteiger partial charge is 0.243 e. The highest BCUT2D eigenvalue weighted by Crippen LogP contribution is 2.27.